The predicted octanol–water partition coefficient (Wildman–Crippen LogP) is 3.18. The highest BCUT2D eigenvalue weighted by Crippen LogP contribution is 2.34. The minimum absolute atomic E-state index is 0.0355. The maximum absolute atomic E-state index is 9.38. The second-order valence-corrected chi connectivity index (χ2v) is 4.34. The second kappa shape index (κ2) is 3.91. The molecule has 0 saturated carbocycles. The molecule has 0 bridgehead atoms. The Kier molecular flexibility index (Phi) is 3.04. The van der Waals surface area contributed by atoms with E-state index in [0.29, 0.717) is 0 Å². The molecule has 1 rings (SSSR count). The molecule has 2 heteroatoms. The number of hydrogen-bond donors (Lipinski definition) is 2. The van der Waals surface area contributed by atoms with Gasteiger partial charge < -0.3 is 10.2 Å². The van der Waals surface area contributed by atoms with Gasteiger partial charge >= 0.3 is 0 Å². The van der Waals surface area contributed by atoms with Crippen LogP contribution in [0.3, 0.4) is 0 Å². The van der Waals surface area contributed by atoms with E-state index in [9.17, 15) is 10.2 Å². The van der Waals surface area contributed by atoms with Crippen LogP contribution in [0.2, 0.25) is 0 Å². The number of phenols is 2. The van der Waals surface area contributed by atoms with Gasteiger partial charge in [-0.2, -0.15) is 0 Å². The smallest absolute Gasteiger partial charge is 0.157 e. The van der Waals surface area contributed by atoms with Crippen LogP contribution < -0.4 is 0 Å². The van der Waals surface area contributed by atoms with Crippen LogP contribution in [0.5, 0.6) is 11.5 Å². The summed E-state index contributed by atoms with van der Waals surface area (Å²) in [5.41, 5.74) is 1.12. The zero-order valence-corrected chi connectivity index (χ0v) is 9.04. The molecular weight excluding hydrogens is 176 g/mol. The Labute approximate surface area is 85.2 Å². The molecule has 0 aromatic heterocycles. The van der Waals surface area contributed by atoms with Crippen molar-refractivity contribution in [1.29, 1.82) is 0 Å². The van der Waals surface area contributed by atoms with E-state index in [0.717, 1.165) is 18.4 Å². The van der Waals surface area contributed by atoms with E-state index in [1.807, 2.05) is 6.07 Å². The fraction of sp³-hybridized carbons (Fsp3) is 0.500. The van der Waals surface area contributed by atoms with Crippen molar-refractivity contribution in [3.05, 3.63) is 23.8 Å². The highest BCUT2D eigenvalue weighted by atomic mass is 16.3. The Hall–Kier alpha value is -1.18. The first-order valence-corrected chi connectivity index (χ1v) is 5.00. The number of hydrogen-bond acceptors (Lipinski definition) is 2. The highest BCUT2D eigenvalue weighted by molar-refractivity contribution is 5.42. The first-order chi connectivity index (χ1) is 6.47. The topological polar surface area (TPSA) is 40.5 Å². The van der Waals surface area contributed by atoms with Crippen LogP contribution in [0.25, 0.3) is 0 Å². The van der Waals surface area contributed by atoms with E-state index in [1.165, 1.54) is 0 Å². The van der Waals surface area contributed by atoms with E-state index in [4.69, 9.17) is 0 Å². The molecule has 0 fully saturated rings. The van der Waals surface area contributed by atoms with E-state index in [1.54, 1.807) is 12.1 Å². The standard InChI is InChI=1S/C12H18O2/c1-4-7-12(2,3)9-5-6-10(13)11(14)8-9/h5-6,8,13-14H,4,7H2,1-3H3. The van der Waals surface area contributed by atoms with Crippen LogP contribution in [-0.4, -0.2) is 10.2 Å². The first kappa shape index (κ1) is 10.9. The predicted molar refractivity (Wildman–Crippen MR) is 57.7 cm³/mol. The Morgan fingerprint density at radius 3 is 2.29 bits per heavy atom. The van der Waals surface area contributed by atoms with Crippen LogP contribution in [0.15, 0.2) is 18.2 Å². The molecule has 0 amide bonds. The lowest BCUT2D eigenvalue weighted by atomic mass is 9.80. The fourth-order valence-corrected chi connectivity index (χ4v) is 1.71. The molecule has 0 unspecified atom stereocenters. The third kappa shape index (κ3) is 2.19. The van der Waals surface area contributed by atoms with Crippen molar-refractivity contribution in [2.24, 2.45) is 0 Å². The van der Waals surface area contributed by atoms with Crippen molar-refractivity contribution in [3.63, 3.8) is 0 Å². The van der Waals surface area contributed by atoms with Gasteiger partial charge in [0.15, 0.2) is 11.5 Å². The van der Waals surface area contributed by atoms with Gasteiger partial charge in [-0.25, -0.2) is 0 Å². The molecule has 14 heavy (non-hydrogen) atoms. The van der Waals surface area contributed by atoms with Crippen molar-refractivity contribution in [3.8, 4) is 11.5 Å². The molecule has 2 nitrogen and oxygen atoms in total. The third-order valence-corrected chi connectivity index (χ3v) is 2.63. The number of phenolic OH excluding ortho intramolecular Hbond substituents is 2. The average Bonchev–Trinajstić information content (AvgIpc) is 2.09. The van der Waals surface area contributed by atoms with Crippen LogP contribution >= 0.6 is 0 Å². The van der Waals surface area contributed by atoms with Crippen molar-refractivity contribution in [2.45, 2.75) is 39.0 Å². The van der Waals surface area contributed by atoms with E-state index >= 15 is 0 Å². The van der Waals surface area contributed by atoms with Gasteiger partial charge in [0.25, 0.3) is 0 Å². The quantitative estimate of drug-likeness (QED) is 0.725. The lowest BCUT2D eigenvalue weighted by molar-refractivity contribution is 0.399. The van der Waals surface area contributed by atoms with Crippen LogP contribution in [0.1, 0.15) is 39.2 Å². The summed E-state index contributed by atoms with van der Waals surface area (Å²) in [6, 6.07) is 5.05. The molecule has 0 atom stereocenters. The highest BCUT2D eigenvalue weighted by Gasteiger charge is 2.20. The summed E-state index contributed by atoms with van der Waals surface area (Å²) in [7, 11) is 0. The maximum atomic E-state index is 9.38. The monoisotopic (exact) mass is 194 g/mol. The molecule has 78 valence electrons. The summed E-state index contributed by atoms with van der Waals surface area (Å²) in [4.78, 5) is 0. The van der Waals surface area contributed by atoms with Crippen LogP contribution in [-0.2, 0) is 5.41 Å². The molecule has 0 radical (unpaired) electrons. The lowest BCUT2D eigenvalue weighted by Gasteiger charge is -2.24. The summed E-state index contributed by atoms with van der Waals surface area (Å²) in [6.07, 6.45) is 2.17. The molecule has 0 aliphatic carbocycles. The van der Waals surface area contributed by atoms with Gasteiger partial charge in [-0.05, 0) is 29.5 Å². The molecule has 0 aliphatic heterocycles. The largest absolute Gasteiger partial charge is 0.504 e. The normalized spacial score (nSPS) is 11.6. The Morgan fingerprint density at radius 1 is 1.14 bits per heavy atom. The Morgan fingerprint density at radius 2 is 1.79 bits per heavy atom. The maximum Gasteiger partial charge on any atom is 0.157 e. The summed E-state index contributed by atoms with van der Waals surface area (Å²) < 4.78 is 0. The van der Waals surface area contributed by atoms with E-state index < -0.39 is 0 Å². The third-order valence-electron chi connectivity index (χ3n) is 2.63. The van der Waals surface area contributed by atoms with Gasteiger partial charge in [0.2, 0.25) is 0 Å². The molecule has 1 aromatic rings. The van der Waals surface area contributed by atoms with Crippen molar-refractivity contribution >= 4 is 0 Å². The minimum atomic E-state index is -0.0546. The SMILES string of the molecule is CCCC(C)(C)c1ccc(O)c(O)c1. The van der Waals surface area contributed by atoms with Crippen molar-refractivity contribution in [1.82, 2.24) is 0 Å². The number of benzene rings is 1. The zero-order valence-electron chi connectivity index (χ0n) is 9.04. The number of rotatable bonds is 3. The first-order valence-electron chi connectivity index (χ1n) is 5.00. The Balaban J connectivity index is 3.01. The van der Waals surface area contributed by atoms with Gasteiger partial charge in [0, 0.05) is 0 Å². The van der Waals surface area contributed by atoms with Gasteiger partial charge in [-0.3, -0.25) is 0 Å². The van der Waals surface area contributed by atoms with Crippen molar-refractivity contribution < 1.29 is 10.2 Å². The average molecular weight is 194 g/mol. The molecule has 2 N–H and O–H groups in total. The van der Waals surface area contributed by atoms with Gasteiger partial charge in [-0.15, -0.1) is 0 Å². The fourth-order valence-electron chi connectivity index (χ4n) is 1.71. The summed E-state index contributed by atoms with van der Waals surface area (Å²) in [5, 5.41) is 18.6. The molecule has 0 heterocycles. The molecular formula is C12H18O2. The van der Waals surface area contributed by atoms with Crippen molar-refractivity contribution in [2.75, 3.05) is 0 Å². The van der Waals surface area contributed by atoms with Gasteiger partial charge in [0.05, 0.1) is 0 Å². The summed E-state index contributed by atoms with van der Waals surface area (Å²) >= 11 is 0. The van der Waals surface area contributed by atoms with Gasteiger partial charge in [0.1, 0.15) is 0 Å². The second-order valence-electron chi connectivity index (χ2n) is 4.34. The van der Waals surface area contributed by atoms with E-state index in [2.05, 4.69) is 20.8 Å². The Bertz CT molecular complexity index is 316. The molecule has 0 saturated heterocycles. The number of aromatic hydroxyl groups is 2. The van der Waals surface area contributed by atoms with Crippen LogP contribution in [0.4, 0.5) is 0 Å². The summed E-state index contributed by atoms with van der Waals surface area (Å²) in [6.45, 7) is 6.42. The minimum Gasteiger partial charge on any atom is -0.504 e. The molecule has 0 aliphatic rings. The lowest BCUT2D eigenvalue weighted by Crippen LogP contribution is -2.16. The summed E-state index contributed by atoms with van der Waals surface area (Å²) in [5.74, 6) is -0.0901. The molecule has 1 aromatic carbocycles. The zero-order chi connectivity index (χ0) is 10.8. The van der Waals surface area contributed by atoms with Crippen LogP contribution in [0, 0.1) is 0 Å². The van der Waals surface area contributed by atoms with E-state index in [-0.39, 0.29) is 16.9 Å². The van der Waals surface area contributed by atoms with Gasteiger partial charge in [-0.1, -0.05) is 33.3 Å². The molecule has 0 spiro atoms.